The molecule has 0 radical (unpaired) electrons. The molecular formula is C18H23NO4. The van der Waals surface area contributed by atoms with Crippen molar-refractivity contribution in [2.24, 2.45) is 5.92 Å². The number of ether oxygens (including phenoxy) is 3. The van der Waals surface area contributed by atoms with Gasteiger partial charge in [0.2, 0.25) is 6.79 Å². The molecule has 0 saturated carbocycles. The Morgan fingerprint density at radius 1 is 1.22 bits per heavy atom. The molecular weight excluding hydrogens is 294 g/mol. The lowest BCUT2D eigenvalue weighted by molar-refractivity contribution is 0.111. The Labute approximate surface area is 136 Å². The van der Waals surface area contributed by atoms with Crippen LogP contribution >= 0.6 is 0 Å². The number of nitrogens with one attached hydrogen (secondary N) is 1. The monoisotopic (exact) mass is 317 g/mol. The average Bonchev–Trinajstić information content (AvgIpc) is 3.13. The third-order valence-electron chi connectivity index (χ3n) is 5.16. The molecule has 0 fully saturated rings. The van der Waals surface area contributed by atoms with Gasteiger partial charge in [0.1, 0.15) is 11.9 Å². The highest BCUT2D eigenvalue weighted by Gasteiger charge is 2.39. The first-order valence-corrected chi connectivity index (χ1v) is 8.35. The van der Waals surface area contributed by atoms with Crippen molar-refractivity contribution in [3.05, 3.63) is 35.1 Å². The highest BCUT2D eigenvalue weighted by molar-refractivity contribution is 5.51. The van der Waals surface area contributed by atoms with Gasteiger partial charge in [-0.15, -0.1) is 0 Å². The summed E-state index contributed by atoms with van der Waals surface area (Å²) in [6, 6.07) is 4.14. The Morgan fingerprint density at radius 3 is 2.87 bits per heavy atom. The van der Waals surface area contributed by atoms with Crippen LogP contribution in [-0.4, -0.2) is 38.2 Å². The fourth-order valence-corrected chi connectivity index (χ4v) is 4.01. The van der Waals surface area contributed by atoms with E-state index in [1.807, 2.05) is 0 Å². The van der Waals surface area contributed by atoms with Crippen LogP contribution in [0.25, 0.3) is 0 Å². The van der Waals surface area contributed by atoms with Crippen LogP contribution in [0.3, 0.4) is 0 Å². The van der Waals surface area contributed by atoms with Crippen molar-refractivity contribution in [2.45, 2.75) is 31.3 Å². The summed E-state index contributed by atoms with van der Waals surface area (Å²) in [5, 5.41) is 14.3. The van der Waals surface area contributed by atoms with E-state index in [1.54, 1.807) is 7.11 Å². The van der Waals surface area contributed by atoms with E-state index in [0.29, 0.717) is 11.7 Å². The predicted octanol–water partition coefficient (Wildman–Crippen LogP) is 1.95. The Kier molecular flexibility index (Phi) is 3.91. The SMILES string of the molecule is COC1=CC2CCCNCCc3cc4c(cc3[C@@H]2C1O)OCO4. The minimum atomic E-state index is -0.587. The molecule has 0 spiro atoms. The molecule has 23 heavy (non-hydrogen) atoms. The van der Waals surface area contributed by atoms with Gasteiger partial charge in [-0.1, -0.05) is 0 Å². The molecule has 0 bridgehead atoms. The third kappa shape index (κ3) is 2.58. The van der Waals surface area contributed by atoms with Gasteiger partial charge < -0.3 is 24.6 Å². The zero-order valence-electron chi connectivity index (χ0n) is 13.4. The molecule has 4 rings (SSSR count). The van der Waals surface area contributed by atoms with E-state index >= 15 is 0 Å². The molecule has 2 N–H and O–H groups in total. The molecule has 5 nitrogen and oxygen atoms in total. The molecule has 0 saturated heterocycles. The molecule has 124 valence electrons. The Morgan fingerprint density at radius 2 is 2.04 bits per heavy atom. The molecule has 3 aliphatic rings. The second-order valence-electron chi connectivity index (χ2n) is 6.45. The summed E-state index contributed by atoms with van der Waals surface area (Å²) in [4.78, 5) is 0. The lowest BCUT2D eigenvalue weighted by atomic mass is 9.80. The molecule has 5 heteroatoms. The van der Waals surface area contributed by atoms with Gasteiger partial charge in [0.15, 0.2) is 11.5 Å². The predicted molar refractivity (Wildman–Crippen MR) is 85.7 cm³/mol. The van der Waals surface area contributed by atoms with Gasteiger partial charge in [0, 0.05) is 5.92 Å². The van der Waals surface area contributed by atoms with Crippen molar-refractivity contribution in [1.82, 2.24) is 5.32 Å². The van der Waals surface area contributed by atoms with Crippen LogP contribution in [0, 0.1) is 5.92 Å². The first-order chi connectivity index (χ1) is 11.3. The van der Waals surface area contributed by atoms with E-state index in [0.717, 1.165) is 43.9 Å². The van der Waals surface area contributed by atoms with Crippen LogP contribution in [0.2, 0.25) is 0 Å². The van der Waals surface area contributed by atoms with Gasteiger partial charge >= 0.3 is 0 Å². The van der Waals surface area contributed by atoms with Crippen molar-refractivity contribution in [1.29, 1.82) is 0 Å². The second kappa shape index (κ2) is 6.06. The third-order valence-corrected chi connectivity index (χ3v) is 5.16. The molecule has 0 aromatic heterocycles. The Bertz CT molecular complexity index is 628. The number of hydrogen-bond donors (Lipinski definition) is 2. The first-order valence-electron chi connectivity index (χ1n) is 8.35. The van der Waals surface area contributed by atoms with E-state index in [9.17, 15) is 5.11 Å². The zero-order chi connectivity index (χ0) is 15.8. The van der Waals surface area contributed by atoms with Gasteiger partial charge in [-0.2, -0.15) is 0 Å². The number of aliphatic hydroxyl groups excluding tert-OH is 1. The summed E-state index contributed by atoms with van der Waals surface area (Å²) in [6.45, 7) is 2.22. The number of hydrogen-bond acceptors (Lipinski definition) is 5. The molecule has 1 aromatic rings. The Balaban J connectivity index is 1.78. The number of rotatable bonds is 1. The fraction of sp³-hybridized carbons (Fsp3) is 0.556. The van der Waals surface area contributed by atoms with Crippen molar-refractivity contribution >= 4 is 0 Å². The maximum Gasteiger partial charge on any atom is 0.231 e. The van der Waals surface area contributed by atoms with Crippen molar-refractivity contribution in [3.63, 3.8) is 0 Å². The van der Waals surface area contributed by atoms with Crippen molar-refractivity contribution in [2.75, 3.05) is 27.0 Å². The van der Waals surface area contributed by atoms with Gasteiger partial charge in [0.25, 0.3) is 0 Å². The molecule has 2 unspecified atom stereocenters. The van der Waals surface area contributed by atoms with Crippen LogP contribution in [0.5, 0.6) is 11.5 Å². The van der Waals surface area contributed by atoms with E-state index in [-0.39, 0.29) is 12.7 Å². The summed E-state index contributed by atoms with van der Waals surface area (Å²) in [7, 11) is 1.63. The quantitative estimate of drug-likeness (QED) is 0.829. The fourth-order valence-electron chi connectivity index (χ4n) is 4.01. The topological polar surface area (TPSA) is 60.0 Å². The number of benzene rings is 1. The minimum Gasteiger partial charge on any atom is -0.499 e. The second-order valence-corrected chi connectivity index (χ2v) is 6.45. The lowest BCUT2D eigenvalue weighted by Gasteiger charge is -2.27. The summed E-state index contributed by atoms with van der Waals surface area (Å²) in [5.74, 6) is 2.61. The summed E-state index contributed by atoms with van der Waals surface area (Å²) < 4.78 is 16.5. The van der Waals surface area contributed by atoms with Crippen LogP contribution in [0.15, 0.2) is 24.0 Å². The maximum atomic E-state index is 10.8. The van der Waals surface area contributed by atoms with Crippen molar-refractivity contribution in [3.8, 4) is 11.5 Å². The number of methoxy groups -OCH3 is 1. The van der Waals surface area contributed by atoms with Crippen LogP contribution < -0.4 is 14.8 Å². The van der Waals surface area contributed by atoms with Crippen LogP contribution in [0.1, 0.15) is 29.9 Å². The Hall–Kier alpha value is -1.72. The summed E-state index contributed by atoms with van der Waals surface area (Å²) in [6.07, 6.45) is 4.57. The number of allylic oxidation sites excluding steroid dienone is 1. The molecule has 3 atom stereocenters. The molecule has 2 aliphatic heterocycles. The highest BCUT2D eigenvalue weighted by Crippen LogP contribution is 2.46. The van der Waals surface area contributed by atoms with Crippen LogP contribution in [-0.2, 0) is 11.2 Å². The summed E-state index contributed by atoms with van der Waals surface area (Å²) >= 11 is 0. The molecule has 1 aliphatic carbocycles. The molecule has 2 heterocycles. The first kappa shape index (κ1) is 14.8. The summed E-state index contributed by atoms with van der Waals surface area (Å²) in [5.41, 5.74) is 2.39. The van der Waals surface area contributed by atoms with Gasteiger partial charge in [-0.25, -0.2) is 0 Å². The smallest absolute Gasteiger partial charge is 0.231 e. The standard InChI is InChI=1S/C18H23NO4/c1-21-16-8-12-3-2-5-19-6-4-11-7-14-15(23-10-22-14)9-13(11)17(12)18(16)20/h7-9,12,17-20H,2-6,10H2,1H3/t12?,17-,18?/m1/s1. The van der Waals surface area contributed by atoms with E-state index in [2.05, 4.69) is 23.5 Å². The molecule has 0 amide bonds. The van der Waals surface area contributed by atoms with E-state index in [4.69, 9.17) is 14.2 Å². The van der Waals surface area contributed by atoms with E-state index in [1.165, 1.54) is 11.1 Å². The number of fused-ring (bicyclic) bond motifs is 4. The molecule has 1 aromatic carbocycles. The normalized spacial score (nSPS) is 29.5. The van der Waals surface area contributed by atoms with Gasteiger partial charge in [-0.05, 0) is 67.6 Å². The van der Waals surface area contributed by atoms with E-state index < -0.39 is 6.10 Å². The largest absolute Gasteiger partial charge is 0.499 e. The van der Waals surface area contributed by atoms with Crippen molar-refractivity contribution < 1.29 is 19.3 Å². The lowest BCUT2D eigenvalue weighted by Crippen LogP contribution is -2.26. The van der Waals surface area contributed by atoms with Gasteiger partial charge in [0.05, 0.1) is 7.11 Å². The minimum absolute atomic E-state index is 0.0348. The maximum absolute atomic E-state index is 10.8. The average molecular weight is 317 g/mol. The van der Waals surface area contributed by atoms with Gasteiger partial charge in [-0.3, -0.25) is 0 Å². The van der Waals surface area contributed by atoms with Crippen LogP contribution in [0.4, 0.5) is 0 Å². The number of aliphatic hydroxyl groups is 1. The highest BCUT2D eigenvalue weighted by atomic mass is 16.7. The zero-order valence-corrected chi connectivity index (χ0v) is 13.4.